The highest BCUT2D eigenvalue weighted by atomic mass is 16.5. The molecule has 1 aromatic carbocycles. The summed E-state index contributed by atoms with van der Waals surface area (Å²) < 4.78 is 5.43. The van der Waals surface area contributed by atoms with Crippen LogP contribution in [-0.2, 0) is 4.79 Å². The second-order valence-electron chi connectivity index (χ2n) is 5.40. The van der Waals surface area contributed by atoms with Gasteiger partial charge in [-0.1, -0.05) is 25.0 Å². The van der Waals surface area contributed by atoms with E-state index < -0.39 is 11.4 Å². The number of hydrogen-bond acceptors (Lipinski definition) is 3. The Kier molecular flexibility index (Phi) is 4.83. The van der Waals surface area contributed by atoms with Crippen LogP contribution in [0.15, 0.2) is 24.3 Å². The Morgan fingerprint density at radius 3 is 2.57 bits per heavy atom. The zero-order valence-electron chi connectivity index (χ0n) is 12.2. The number of amides is 1. The van der Waals surface area contributed by atoms with Gasteiger partial charge in [0, 0.05) is 6.54 Å². The maximum Gasteiger partial charge on any atom is 0.311 e. The molecule has 0 aromatic heterocycles. The minimum absolute atomic E-state index is 0.168. The van der Waals surface area contributed by atoms with Crippen molar-refractivity contribution in [2.75, 3.05) is 13.2 Å². The fourth-order valence-electron chi connectivity index (χ4n) is 2.80. The summed E-state index contributed by atoms with van der Waals surface area (Å²) in [4.78, 5) is 23.7. The Morgan fingerprint density at radius 2 is 1.95 bits per heavy atom. The van der Waals surface area contributed by atoms with Crippen LogP contribution in [0.25, 0.3) is 0 Å². The van der Waals surface area contributed by atoms with Crippen molar-refractivity contribution in [2.24, 2.45) is 5.41 Å². The fraction of sp³-hybridized carbons (Fsp3) is 0.500. The van der Waals surface area contributed by atoms with E-state index in [-0.39, 0.29) is 12.5 Å². The number of carbonyl (C=O) groups excluding carboxylic acids is 1. The molecule has 0 aliphatic heterocycles. The van der Waals surface area contributed by atoms with Crippen LogP contribution >= 0.6 is 0 Å². The van der Waals surface area contributed by atoms with Gasteiger partial charge in [0.15, 0.2) is 0 Å². The van der Waals surface area contributed by atoms with E-state index in [1.807, 2.05) is 6.92 Å². The molecule has 5 heteroatoms. The lowest BCUT2D eigenvalue weighted by atomic mass is 9.86. The molecule has 0 heterocycles. The zero-order chi connectivity index (χ0) is 15.3. The van der Waals surface area contributed by atoms with Crippen molar-refractivity contribution in [3.05, 3.63) is 29.8 Å². The number of rotatable bonds is 6. The van der Waals surface area contributed by atoms with Gasteiger partial charge in [0.05, 0.1) is 17.6 Å². The summed E-state index contributed by atoms with van der Waals surface area (Å²) in [6, 6.07) is 6.99. The lowest BCUT2D eigenvalue weighted by Gasteiger charge is -2.24. The summed E-state index contributed by atoms with van der Waals surface area (Å²) in [5, 5.41) is 12.2. The van der Waals surface area contributed by atoms with E-state index in [0.29, 0.717) is 30.8 Å². The van der Waals surface area contributed by atoms with Crippen LogP contribution in [0.3, 0.4) is 0 Å². The third-order valence-corrected chi connectivity index (χ3v) is 4.03. The van der Waals surface area contributed by atoms with Crippen LogP contribution in [0.4, 0.5) is 0 Å². The number of carboxylic acid groups (broad SMARTS) is 1. The summed E-state index contributed by atoms with van der Waals surface area (Å²) in [5.41, 5.74) is -0.367. The maximum absolute atomic E-state index is 12.3. The van der Waals surface area contributed by atoms with Crippen LogP contribution in [0, 0.1) is 5.41 Å². The van der Waals surface area contributed by atoms with Gasteiger partial charge in [-0.25, -0.2) is 0 Å². The predicted molar refractivity (Wildman–Crippen MR) is 78.5 cm³/mol. The topological polar surface area (TPSA) is 75.6 Å². The molecule has 0 saturated heterocycles. The third kappa shape index (κ3) is 3.35. The largest absolute Gasteiger partial charge is 0.493 e. The number of benzene rings is 1. The highest BCUT2D eigenvalue weighted by Gasteiger charge is 2.41. The van der Waals surface area contributed by atoms with Crippen molar-refractivity contribution < 1.29 is 19.4 Å². The Balaban J connectivity index is 2.06. The molecule has 0 atom stereocenters. The molecule has 5 nitrogen and oxygen atoms in total. The third-order valence-electron chi connectivity index (χ3n) is 4.03. The van der Waals surface area contributed by atoms with Crippen LogP contribution in [0.5, 0.6) is 5.75 Å². The molecule has 114 valence electrons. The molecule has 0 unspecified atom stereocenters. The molecule has 1 aliphatic carbocycles. The fourth-order valence-corrected chi connectivity index (χ4v) is 2.80. The van der Waals surface area contributed by atoms with Gasteiger partial charge in [0.25, 0.3) is 5.91 Å². The first-order valence-corrected chi connectivity index (χ1v) is 7.32. The zero-order valence-corrected chi connectivity index (χ0v) is 12.2. The molecule has 1 aliphatic rings. The molecule has 2 rings (SSSR count). The first-order valence-electron chi connectivity index (χ1n) is 7.32. The van der Waals surface area contributed by atoms with Gasteiger partial charge in [-0.05, 0) is 31.9 Å². The van der Waals surface area contributed by atoms with Crippen molar-refractivity contribution in [1.29, 1.82) is 0 Å². The monoisotopic (exact) mass is 291 g/mol. The SMILES string of the molecule is CCOc1ccccc1C(=O)NCC1(C(=O)O)CCCC1. The molecule has 0 spiro atoms. The van der Waals surface area contributed by atoms with Crippen molar-refractivity contribution in [3.63, 3.8) is 0 Å². The number of para-hydroxylation sites is 1. The molecule has 0 bridgehead atoms. The minimum Gasteiger partial charge on any atom is -0.493 e. The molecular formula is C16H21NO4. The lowest BCUT2D eigenvalue weighted by Crippen LogP contribution is -2.41. The van der Waals surface area contributed by atoms with Crippen molar-refractivity contribution in [3.8, 4) is 5.75 Å². The molecule has 1 fully saturated rings. The van der Waals surface area contributed by atoms with Crippen LogP contribution in [0.1, 0.15) is 43.0 Å². The van der Waals surface area contributed by atoms with Crippen LogP contribution in [0.2, 0.25) is 0 Å². The Labute approximate surface area is 124 Å². The minimum atomic E-state index is -0.821. The van der Waals surface area contributed by atoms with Crippen molar-refractivity contribution in [2.45, 2.75) is 32.6 Å². The van der Waals surface area contributed by atoms with Gasteiger partial charge in [0.2, 0.25) is 0 Å². The van der Waals surface area contributed by atoms with E-state index in [1.165, 1.54) is 0 Å². The van der Waals surface area contributed by atoms with E-state index in [1.54, 1.807) is 24.3 Å². The summed E-state index contributed by atoms with van der Waals surface area (Å²) in [5.74, 6) is -0.585. The maximum atomic E-state index is 12.3. The van der Waals surface area contributed by atoms with Gasteiger partial charge in [0.1, 0.15) is 5.75 Å². The van der Waals surface area contributed by atoms with Gasteiger partial charge in [-0.15, -0.1) is 0 Å². The number of ether oxygens (including phenoxy) is 1. The lowest BCUT2D eigenvalue weighted by molar-refractivity contribution is -0.148. The number of carbonyl (C=O) groups is 2. The molecule has 21 heavy (non-hydrogen) atoms. The molecule has 1 aromatic rings. The van der Waals surface area contributed by atoms with E-state index >= 15 is 0 Å². The van der Waals surface area contributed by atoms with E-state index in [0.717, 1.165) is 12.8 Å². The van der Waals surface area contributed by atoms with Gasteiger partial charge >= 0.3 is 5.97 Å². The summed E-state index contributed by atoms with van der Waals surface area (Å²) in [6.07, 6.45) is 3.04. The molecular weight excluding hydrogens is 270 g/mol. The van der Waals surface area contributed by atoms with Gasteiger partial charge in [-0.3, -0.25) is 9.59 Å². The smallest absolute Gasteiger partial charge is 0.311 e. The molecule has 1 amide bonds. The van der Waals surface area contributed by atoms with Crippen LogP contribution < -0.4 is 10.1 Å². The Bertz CT molecular complexity index is 521. The molecule has 0 radical (unpaired) electrons. The average molecular weight is 291 g/mol. The molecule has 1 saturated carbocycles. The second kappa shape index (κ2) is 6.61. The normalized spacial score (nSPS) is 16.4. The molecule has 2 N–H and O–H groups in total. The highest BCUT2D eigenvalue weighted by Crippen LogP contribution is 2.37. The number of aliphatic carboxylic acids is 1. The standard InChI is InChI=1S/C16H21NO4/c1-2-21-13-8-4-3-7-12(13)14(18)17-11-16(15(19)20)9-5-6-10-16/h3-4,7-8H,2,5-6,9-11H2,1H3,(H,17,18)(H,19,20). The summed E-state index contributed by atoms with van der Waals surface area (Å²) in [7, 11) is 0. The second-order valence-corrected chi connectivity index (χ2v) is 5.40. The average Bonchev–Trinajstić information content (AvgIpc) is 2.96. The predicted octanol–water partition coefficient (Wildman–Crippen LogP) is 2.46. The van der Waals surface area contributed by atoms with Gasteiger partial charge < -0.3 is 15.2 Å². The summed E-state index contributed by atoms with van der Waals surface area (Å²) >= 11 is 0. The first kappa shape index (κ1) is 15.4. The van der Waals surface area contributed by atoms with E-state index in [9.17, 15) is 14.7 Å². The highest BCUT2D eigenvalue weighted by molar-refractivity contribution is 5.97. The van der Waals surface area contributed by atoms with Crippen molar-refractivity contribution in [1.82, 2.24) is 5.32 Å². The van der Waals surface area contributed by atoms with Gasteiger partial charge in [-0.2, -0.15) is 0 Å². The summed E-state index contributed by atoms with van der Waals surface area (Å²) in [6.45, 7) is 2.50. The van der Waals surface area contributed by atoms with Crippen LogP contribution in [-0.4, -0.2) is 30.1 Å². The quantitative estimate of drug-likeness (QED) is 0.844. The number of nitrogens with one attached hydrogen (secondary N) is 1. The van der Waals surface area contributed by atoms with E-state index in [4.69, 9.17) is 4.74 Å². The van der Waals surface area contributed by atoms with Crippen molar-refractivity contribution >= 4 is 11.9 Å². The number of carboxylic acids is 1. The Morgan fingerprint density at radius 1 is 1.29 bits per heavy atom. The number of hydrogen-bond donors (Lipinski definition) is 2. The van der Waals surface area contributed by atoms with E-state index in [2.05, 4.69) is 5.32 Å². The first-order chi connectivity index (χ1) is 10.1. The Hall–Kier alpha value is -2.04.